The Balaban J connectivity index is 2.03. The van der Waals surface area contributed by atoms with Gasteiger partial charge in [-0.05, 0) is 25.5 Å². The highest BCUT2D eigenvalue weighted by Crippen LogP contribution is 2.18. The smallest absolute Gasteiger partial charge is 0.219 e. The third-order valence-electron chi connectivity index (χ3n) is 3.51. The van der Waals surface area contributed by atoms with Crippen LogP contribution in [0.5, 0.6) is 0 Å². The van der Waals surface area contributed by atoms with Gasteiger partial charge in [0.15, 0.2) is 0 Å². The van der Waals surface area contributed by atoms with Crippen LogP contribution >= 0.6 is 0 Å². The molecule has 2 rings (SSSR count). The van der Waals surface area contributed by atoms with Crippen molar-refractivity contribution in [2.75, 3.05) is 31.1 Å². The molecule has 1 aromatic heterocycles. The first-order chi connectivity index (χ1) is 9.08. The van der Waals surface area contributed by atoms with Crippen molar-refractivity contribution < 1.29 is 9.90 Å². The van der Waals surface area contributed by atoms with E-state index < -0.39 is 6.10 Å². The van der Waals surface area contributed by atoms with Gasteiger partial charge in [-0.25, -0.2) is 0 Å². The number of carbonyl (C=O) groups excluding carboxylic acids is 1. The normalized spacial score (nSPS) is 18.1. The predicted octanol–water partition coefficient (Wildman–Crippen LogP) is 1.19. The molecule has 5 nitrogen and oxygen atoms in total. The number of hydrogen-bond acceptors (Lipinski definition) is 4. The fraction of sp³-hybridized carbons (Fsp3) is 0.571. The van der Waals surface area contributed by atoms with E-state index in [2.05, 4.69) is 9.88 Å². The first-order valence-electron chi connectivity index (χ1n) is 6.72. The zero-order valence-electron chi connectivity index (χ0n) is 11.5. The third kappa shape index (κ3) is 3.44. The summed E-state index contributed by atoms with van der Waals surface area (Å²) in [5, 5.41) is 9.45. The molecule has 0 aromatic carbocycles. The molecule has 0 bridgehead atoms. The number of aliphatic hydroxyl groups excluding tert-OH is 1. The molecule has 1 aliphatic heterocycles. The van der Waals surface area contributed by atoms with E-state index >= 15 is 0 Å². The van der Waals surface area contributed by atoms with Crippen molar-refractivity contribution >= 4 is 11.6 Å². The Morgan fingerprint density at radius 3 is 2.68 bits per heavy atom. The fourth-order valence-electron chi connectivity index (χ4n) is 2.32. The minimum Gasteiger partial charge on any atom is -0.387 e. The van der Waals surface area contributed by atoms with Crippen LogP contribution in [0.15, 0.2) is 18.3 Å². The molecule has 1 N–H and O–H groups in total. The van der Waals surface area contributed by atoms with Gasteiger partial charge in [0.05, 0.1) is 23.7 Å². The minimum absolute atomic E-state index is 0.143. The Morgan fingerprint density at radius 1 is 1.32 bits per heavy atom. The first kappa shape index (κ1) is 13.8. The lowest BCUT2D eigenvalue weighted by Gasteiger charge is -2.23. The summed E-state index contributed by atoms with van der Waals surface area (Å²) >= 11 is 0. The summed E-state index contributed by atoms with van der Waals surface area (Å²) in [4.78, 5) is 19.8. The molecule has 1 fully saturated rings. The van der Waals surface area contributed by atoms with Gasteiger partial charge in [0.2, 0.25) is 5.91 Å². The van der Waals surface area contributed by atoms with Gasteiger partial charge in [-0.1, -0.05) is 0 Å². The summed E-state index contributed by atoms with van der Waals surface area (Å²) in [5.74, 6) is 0.143. The van der Waals surface area contributed by atoms with Crippen molar-refractivity contribution in [2.45, 2.75) is 26.4 Å². The maximum Gasteiger partial charge on any atom is 0.219 e. The monoisotopic (exact) mass is 263 g/mol. The maximum atomic E-state index is 11.4. The van der Waals surface area contributed by atoms with Gasteiger partial charge in [-0.3, -0.25) is 9.78 Å². The van der Waals surface area contributed by atoms with Gasteiger partial charge in [0, 0.05) is 33.1 Å². The van der Waals surface area contributed by atoms with Crippen molar-refractivity contribution in [3.63, 3.8) is 0 Å². The van der Waals surface area contributed by atoms with E-state index in [1.165, 1.54) is 0 Å². The van der Waals surface area contributed by atoms with Crippen molar-refractivity contribution in [3.8, 4) is 0 Å². The summed E-state index contributed by atoms with van der Waals surface area (Å²) in [7, 11) is 0. The Hall–Kier alpha value is -1.62. The minimum atomic E-state index is -0.536. The first-order valence-corrected chi connectivity index (χ1v) is 6.72. The number of carbonyl (C=O) groups is 1. The maximum absolute atomic E-state index is 11.4. The zero-order chi connectivity index (χ0) is 13.8. The molecular formula is C14H21N3O2. The molecule has 1 atom stereocenters. The summed E-state index contributed by atoms with van der Waals surface area (Å²) in [6.07, 6.45) is 2.23. The van der Waals surface area contributed by atoms with Crippen LogP contribution in [0.1, 0.15) is 32.1 Å². The summed E-state index contributed by atoms with van der Waals surface area (Å²) in [6, 6.07) is 3.84. The zero-order valence-corrected chi connectivity index (χ0v) is 11.5. The molecule has 1 aliphatic rings. The van der Waals surface area contributed by atoms with Gasteiger partial charge in [-0.15, -0.1) is 0 Å². The summed E-state index contributed by atoms with van der Waals surface area (Å²) < 4.78 is 0. The van der Waals surface area contributed by atoms with Gasteiger partial charge in [0.1, 0.15) is 0 Å². The van der Waals surface area contributed by atoms with Crippen LogP contribution in [0.25, 0.3) is 0 Å². The number of nitrogens with zero attached hydrogens (tertiary/aromatic N) is 3. The number of hydrogen-bond donors (Lipinski definition) is 1. The highest BCUT2D eigenvalue weighted by Gasteiger charge is 2.17. The second-order valence-electron chi connectivity index (χ2n) is 4.96. The summed E-state index contributed by atoms with van der Waals surface area (Å²) in [6.45, 7) is 6.67. The molecule has 19 heavy (non-hydrogen) atoms. The lowest BCUT2D eigenvalue weighted by atomic mass is 10.2. The molecule has 0 radical (unpaired) electrons. The van der Waals surface area contributed by atoms with Gasteiger partial charge < -0.3 is 14.9 Å². The van der Waals surface area contributed by atoms with Gasteiger partial charge in [-0.2, -0.15) is 0 Å². The molecule has 0 aliphatic carbocycles. The van der Waals surface area contributed by atoms with E-state index in [0.29, 0.717) is 5.69 Å². The Bertz CT molecular complexity index is 431. The van der Waals surface area contributed by atoms with Crippen molar-refractivity contribution in [3.05, 3.63) is 24.0 Å². The van der Waals surface area contributed by atoms with Gasteiger partial charge >= 0.3 is 0 Å². The number of pyridine rings is 1. The Kier molecular flexibility index (Phi) is 4.37. The average molecular weight is 263 g/mol. The SMILES string of the molecule is CC(=O)N1CCCN(c2ccc([C@H](C)O)nc2)CC1. The standard InChI is InChI=1S/C14H21N3O2/c1-11(18)14-5-4-13(10-15-14)17-7-3-6-16(8-9-17)12(2)19/h4-5,10-11,18H,3,6-9H2,1-2H3/t11-/m0/s1. The van der Waals surface area contributed by atoms with Crippen LogP contribution in [-0.4, -0.2) is 47.1 Å². The molecule has 0 saturated carbocycles. The number of aliphatic hydroxyl groups is 1. The average Bonchev–Trinajstić information content (AvgIpc) is 2.64. The van der Waals surface area contributed by atoms with E-state index in [9.17, 15) is 9.90 Å². The predicted molar refractivity (Wildman–Crippen MR) is 74.0 cm³/mol. The second kappa shape index (κ2) is 6.02. The Morgan fingerprint density at radius 2 is 2.11 bits per heavy atom. The Labute approximate surface area is 113 Å². The summed E-state index contributed by atoms with van der Waals surface area (Å²) in [5.41, 5.74) is 1.73. The number of anilines is 1. The third-order valence-corrected chi connectivity index (χ3v) is 3.51. The van der Waals surface area contributed by atoms with E-state index in [4.69, 9.17) is 0 Å². The van der Waals surface area contributed by atoms with Crippen molar-refractivity contribution in [1.82, 2.24) is 9.88 Å². The molecule has 1 amide bonds. The van der Waals surface area contributed by atoms with Crippen molar-refractivity contribution in [1.29, 1.82) is 0 Å². The van der Waals surface area contributed by atoms with E-state index in [1.54, 1.807) is 20.0 Å². The molecule has 1 aromatic rings. The van der Waals surface area contributed by atoms with Crippen LogP contribution in [0.2, 0.25) is 0 Å². The highest BCUT2D eigenvalue weighted by atomic mass is 16.3. The van der Waals surface area contributed by atoms with Crippen LogP contribution in [0, 0.1) is 0 Å². The lowest BCUT2D eigenvalue weighted by molar-refractivity contribution is -0.128. The van der Waals surface area contributed by atoms with Crippen LogP contribution in [0.4, 0.5) is 5.69 Å². The van der Waals surface area contributed by atoms with E-state index in [-0.39, 0.29) is 5.91 Å². The molecule has 5 heteroatoms. The fourth-order valence-corrected chi connectivity index (χ4v) is 2.32. The molecule has 104 valence electrons. The van der Waals surface area contributed by atoms with Crippen molar-refractivity contribution in [2.24, 2.45) is 0 Å². The molecule has 2 heterocycles. The molecular weight excluding hydrogens is 242 g/mol. The van der Waals surface area contributed by atoms with Crippen LogP contribution in [-0.2, 0) is 4.79 Å². The van der Waals surface area contributed by atoms with E-state index in [1.807, 2.05) is 17.0 Å². The van der Waals surface area contributed by atoms with Gasteiger partial charge in [0.25, 0.3) is 0 Å². The topological polar surface area (TPSA) is 56.7 Å². The van der Waals surface area contributed by atoms with E-state index in [0.717, 1.165) is 38.3 Å². The quantitative estimate of drug-likeness (QED) is 0.871. The molecule has 0 spiro atoms. The largest absolute Gasteiger partial charge is 0.387 e. The number of aromatic nitrogens is 1. The number of amides is 1. The van der Waals surface area contributed by atoms with Crippen LogP contribution < -0.4 is 4.90 Å². The second-order valence-corrected chi connectivity index (χ2v) is 4.96. The highest BCUT2D eigenvalue weighted by molar-refractivity contribution is 5.73. The molecule has 1 saturated heterocycles. The lowest BCUT2D eigenvalue weighted by Crippen LogP contribution is -2.33. The van der Waals surface area contributed by atoms with Crippen LogP contribution in [0.3, 0.4) is 0 Å². The molecule has 0 unspecified atom stereocenters. The number of rotatable bonds is 2.